The van der Waals surface area contributed by atoms with E-state index in [1.165, 1.54) is 0 Å². The largest absolute Gasteiger partial charge is 0.363 e. The molecule has 1 heterocycles. The topological polar surface area (TPSA) is 62.4 Å². The van der Waals surface area contributed by atoms with Crippen molar-refractivity contribution >= 4 is 6.41 Å². The highest BCUT2D eigenvalue weighted by Gasteiger charge is 2.11. The number of hydrazine groups is 1. The summed E-state index contributed by atoms with van der Waals surface area (Å²) in [5.74, 6) is 5.94. The number of hydrogen-bond acceptors (Lipinski definition) is 4. The molecule has 0 spiro atoms. The van der Waals surface area contributed by atoms with Gasteiger partial charge in [-0.05, 0) is 13.3 Å². The van der Waals surface area contributed by atoms with Crippen LogP contribution in [0.1, 0.15) is 19.8 Å². The van der Waals surface area contributed by atoms with Crippen molar-refractivity contribution in [2.24, 2.45) is 0 Å². The van der Waals surface area contributed by atoms with Gasteiger partial charge < -0.3 is 10.1 Å². The normalized spacial score (nSPS) is 20.7. The Morgan fingerprint density at radius 2 is 2.44 bits per heavy atom. The van der Waals surface area contributed by atoms with E-state index in [1.807, 2.05) is 0 Å². The van der Waals surface area contributed by atoms with Gasteiger partial charge in [-0.25, -0.2) is 5.43 Å². The van der Waals surface area contributed by atoms with Gasteiger partial charge in [0.2, 0.25) is 6.41 Å². The quantitative estimate of drug-likeness (QED) is 0.223. The Morgan fingerprint density at radius 1 is 1.56 bits per heavy atom. The van der Waals surface area contributed by atoms with Crippen LogP contribution in [0.4, 0.5) is 0 Å². The van der Waals surface area contributed by atoms with Crippen molar-refractivity contribution in [3.05, 3.63) is 0 Å². The minimum absolute atomic E-state index is 0.213. The Balaban J connectivity index is 1.99. The van der Waals surface area contributed by atoms with Gasteiger partial charge in [-0.1, -0.05) is 11.8 Å². The molecule has 2 unspecified atom stereocenters. The van der Waals surface area contributed by atoms with Gasteiger partial charge >= 0.3 is 0 Å². The molecule has 1 aliphatic heterocycles. The van der Waals surface area contributed by atoms with E-state index < -0.39 is 0 Å². The van der Waals surface area contributed by atoms with Gasteiger partial charge in [0.15, 0.2) is 0 Å². The average molecular weight is 225 g/mol. The molecule has 1 aliphatic rings. The van der Waals surface area contributed by atoms with E-state index in [2.05, 4.69) is 34.9 Å². The van der Waals surface area contributed by atoms with Crippen molar-refractivity contribution in [1.29, 1.82) is 0 Å². The van der Waals surface area contributed by atoms with Gasteiger partial charge in [0.1, 0.15) is 6.61 Å². The lowest BCUT2D eigenvalue weighted by Crippen LogP contribution is -2.39. The van der Waals surface area contributed by atoms with Crippen LogP contribution in [0.25, 0.3) is 0 Å². The molecule has 3 N–H and O–H groups in total. The first kappa shape index (κ1) is 13.0. The molecule has 0 fully saturated rings. The highest BCUT2D eigenvalue weighted by Crippen LogP contribution is 2.01. The summed E-state index contributed by atoms with van der Waals surface area (Å²) in [5, 5.41) is 3.38. The smallest absolute Gasteiger partial charge is 0.221 e. The maximum atomic E-state index is 9.96. The third kappa shape index (κ3) is 5.71. The monoisotopic (exact) mass is 225 g/mol. The summed E-state index contributed by atoms with van der Waals surface area (Å²) >= 11 is 0. The molecular weight excluding hydrogens is 206 g/mol. The molecular formula is C11H19N3O2. The second kappa shape index (κ2) is 8.11. The van der Waals surface area contributed by atoms with Gasteiger partial charge in [-0.2, -0.15) is 0 Å². The molecule has 5 heteroatoms. The van der Waals surface area contributed by atoms with Crippen molar-refractivity contribution in [3.8, 4) is 11.8 Å². The number of rotatable bonds is 8. The van der Waals surface area contributed by atoms with Gasteiger partial charge in [0.25, 0.3) is 0 Å². The van der Waals surface area contributed by atoms with Crippen LogP contribution in [-0.2, 0) is 9.53 Å². The van der Waals surface area contributed by atoms with Gasteiger partial charge in [0, 0.05) is 25.6 Å². The van der Waals surface area contributed by atoms with E-state index >= 15 is 0 Å². The lowest BCUT2D eigenvalue weighted by molar-refractivity contribution is -0.110. The van der Waals surface area contributed by atoms with E-state index in [-0.39, 0.29) is 6.10 Å². The Morgan fingerprint density at radius 3 is 3.12 bits per heavy atom. The van der Waals surface area contributed by atoms with Crippen molar-refractivity contribution < 1.29 is 9.53 Å². The van der Waals surface area contributed by atoms with Gasteiger partial charge in [0.05, 0.1) is 6.10 Å². The first-order valence-corrected chi connectivity index (χ1v) is 5.55. The Hall–Kier alpha value is -1.09. The fraction of sp³-hybridized carbons (Fsp3) is 0.727. The van der Waals surface area contributed by atoms with Gasteiger partial charge in [-0.3, -0.25) is 10.2 Å². The third-order valence-electron chi connectivity index (χ3n) is 2.40. The summed E-state index contributed by atoms with van der Waals surface area (Å²) < 4.78 is 5.46. The van der Waals surface area contributed by atoms with Crippen molar-refractivity contribution in [3.63, 3.8) is 0 Å². The average Bonchev–Trinajstić information content (AvgIpc) is 2.33. The summed E-state index contributed by atoms with van der Waals surface area (Å²) in [7, 11) is 0. The highest BCUT2D eigenvalue weighted by atomic mass is 16.5. The van der Waals surface area contributed by atoms with Crippen molar-refractivity contribution in [2.45, 2.75) is 31.9 Å². The van der Waals surface area contributed by atoms with Crippen LogP contribution in [0.3, 0.4) is 0 Å². The van der Waals surface area contributed by atoms with Crippen LogP contribution in [0.15, 0.2) is 0 Å². The lowest BCUT2D eigenvalue weighted by Gasteiger charge is -2.20. The summed E-state index contributed by atoms with van der Waals surface area (Å²) in [6.07, 6.45) is 2.60. The summed E-state index contributed by atoms with van der Waals surface area (Å²) in [5.41, 5.74) is 5.20. The Bertz CT molecular complexity index is 260. The number of carbonyl (C=O) groups is 1. The molecule has 1 rings (SSSR count). The van der Waals surface area contributed by atoms with Crippen LogP contribution in [0, 0.1) is 11.8 Å². The molecule has 0 aromatic carbocycles. The minimum Gasteiger partial charge on any atom is -0.363 e. The van der Waals surface area contributed by atoms with Crippen LogP contribution in [0.5, 0.6) is 0 Å². The molecule has 0 saturated carbocycles. The molecule has 0 aliphatic carbocycles. The van der Waals surface area contributed by atoms with Gasteiger partial charge in [-0.15, -0.1) is 0 Å². The standard InChI is InChI=1S/C11H19N3O2/c1-10(5-6-13-14-9-15)12-8-11-4-2-3-7-16-11/h9-13H,4-8H2,1H3,(H,14,15). The van der Waals surface area contributed by atoms with Crippen LogP contribution < -0.4 is 16.2 Å². The maximum absolute atomic E-state index is 9.96. The van der Waals surface area contributed by atoms with E-state index in [0.717, 1.165) is 25.9 Å². The molecule has 0 aromatic heterocycles. The predicted molar refractivity (Wildman–Crippen MR) is 61.4 cm³/mol. The third-order valence-corrected chi connectivity index (χ3v) is 2.40. The first-order valence-electron chi connectivity index (χ1n) is 5.55. The number of amides is 1. The van der Waals surface area contributed by atoms with Crippen molar-refractivity contribution in [2.75, 3.05) is 19.7 Å². The minimum atomic E-state index is 0.213. The molecule has 0 bridgehead atoms. The Kier molecular flexibility index (Phi) is 6.58. The van der Waals surface area contributed by atoms with Crippen molar-refractivity contribution in [1.82, 2.24) is 16.2 Å². The molecule has 5 nitrogen and oxygen atoms in total. The first-order chi connectivity index (χ1) is 7.83. The fourth-order valence-electron chi connectivity index (χ4n) is 1.42. The molecule has 90 valence electrons. The fourth-order valence-corrected chi connectivity index (χ4v) is 1.42. The van der Waals surface area contributed by atoms with Crippen LogP contribution in [0.2, 0.25) is 0 Å². The summed E-state index contributed by atoms with van der Waals surface area (Å²) in [6.45, 7) is 4.23. The molecule has 2 atom stereocenters. The van der Waals surface area contributed by atoms with Crippen LogP contribution in [-0.4, -0.2) is 38.3 Å². The number of ether oxygens (including phenoxy) is 1. The van der Waals surface area contributed by atoms with E-state index in [9.17, 15) is 4.79 Å². The van der Waals surface area contributed by atoms with E-state index in [0.29, 0.717) is 19.1 Å². The molecule has 1 amide bonds. The Labute approximate surface area is 96.3 Å². The lowest BCUT2D eigenvalue weighted by atomic mass is 10.2. The predicted octanol–water partition coefficient (Wildman–Crippen LogP) is -0.602. The SMILES string of the molecule is CC(CCNNC=O)NCC1CC#CCO1. The molecule has 16 heavy (non-hydrogen) atoms. The van der Waals surface area contributed by atoms with E-state index in [4.69, 9.17) is 4.74 Å². The number of hydrogen-bond donors (Lipinski definition) is 3. The second-order valence-electron chi connectivity index (χ2n) is 3.78. The molecule has 0 aromatic rings. The zero-order chi connectivity index (χ0) is 11.6. The molecule has 0 saturated heterocycles. The van der Waals surface area contributed by atoms with E-state index in [1.54, 1.807) is 0 Å². The van der Waals surface area contributed by atoms with Crippen LogP contribution >= 0.6 is 0 Å². The zero-order valence-electron chi connectivity index (χ0n) is 9.58. The highest BCUT2D eigenvalue weighted by molar-refractivity contribution is 5.44. The zero-order valence-corrected chi connectivity index (χ0v) is 9.58. The summed E-state index contributed by atoms with van der Waals surface area (Å²) in [6, 6.07) is 0.388. The second-order valence-corrected chi connectivity index (χ2v) is 3.78. The summed E-state index contributed by atoms with van der Waals surface area (Å²) in [4.78, 5) is 9.96. The number of nitrogens with one attached hydrogen (secondary N) is 3. The number of carbonyl (C=O) groups excluding carboxylic acids is 1. The molecule has 0 radical (unpaired) electrons. The maximum Gasteiger partial charge on any atom is 0.221 e.